The number of rotatable bonds is 5. The molecule has 8 nitrogen and oxygen atoms in total. The summed E-state index contributed by atoms with van der Waals surface area (Å²) in [5.41, 5.74) is 0.820. The molecule has 0 saturated carbocycles. The molecule has 1 aliphatic rings. The van der Waals surface area contributed by atoms with Gasteiger partial charge < -0.3 is 10.1 Å². The Morgan fingerprint density at radius 3 is 2.26 bits per heavy atom. The van der Waals surface area contributed by atoms with Gasteiger partial charge in [-0.25, -0.2) is 4.79 Å². The van der Waals surface area contributed by atoms with Crippen LogP contribution in [0.4, 0.5) is 10.5 Å². The van der Waals surface area contributed by atoms with Crippen LogP contribution in [-0.2, 0) is 14.4 Å². The van der Waals surface area contributed by atoms with E-state index >= 15 is 0 Å². The first-order chi connectivity index (χ1) is 13.0. The van der Waals surface area contributed by atoms with Crippen molar-refractivity contribution in [2.24, 2.45) is 0 Å². The van der Waals surface area contributed by atoms with Gasteiger partial charge >= 0.3 is 6.03 Å². The van der Waals surface area contributed by atoms with Crippen LogP contribution < -0.4 is 20.7 Å². The number of amides is 5. The van der Waals surface area contributed by atoms with E-state index in [1.54, 1.807) is 48.5 Å². The number of imide groups is 2. The second-order valence-corrected chi connectivity index (χ2v) is 5.54. The van der Waals surface area contributed by atoms with Crippen molar-refractivity contribution in [2.75, 3.05) is 11.9 Å². The van der Waals surface area contributed by atoms with E-state index in [4.69, 9.17) is 4.74 Å². The number of carbonyl (C=O) groups is 4. The third kappa shape index (κ3) is 4.57. The number of urea groups is 1. The van der Waals surface area contributed by atoms with Crippen molar-refractivity contribution < 1.29 is 23.9 Å². The molecule has 0 aromatic heterocycles. The van der Waals surface area contributed by atoms with Gasteiger partial charge in [0.2, 0.25) is 0 Å². The highest BCUT2D eigenvalue weighted by molar-refractivity contribution is 6.31. The van der Waals surface area contributed by atoms with Crippen molar-refractivity contribution in [3.63, 3.8) is 0 Å². The van der Waals surface area contributed by atoms with Crippen LogP contribution in [0.2, 0.25) is 0 Å². The molecule has 2 aromatic rings. The lowest BCUT2D eigenvalue weighted by Crippen LogP contribution is -2.51. The van der Waals surface area contributed by atoms with Crippen molar-refractivity contribution >= 4 is 35.5 Å². The summed E-state index contributed by atoms with van der Waals surface area (Å²) in [4.78, 5) is 46.8. The Hall–Kier alpha value is -3.94. The largest absolute Gasteiger partial charge is 0.483 e. The van der Waals surface area contributed by atoms with Gasteiger partial charge in [0, 0.05) is 11.3 Å². The summed E-state index contributed by atoms with van der Waals surface area (Å²) in [5.74, 6) is -1.66. The number of anilines is 1. The molecule has 1 aliphatic heterocycles. The van der Waals surface area contributed by atoms with Crippen molar-refractivity contribution in [1.82, 2.24) is 10.6 Å². The van der Waals surface area contributed by atoms with Crippen molar-refractivity contribution in [1.29, 1.82) is 0 Å². The maximum absolute atomic E-state index is 12.0. The zero-order valence-corrected chi connectivity index (χ0v) is 14.0. The van der Waals surface area contributed by atoms with E-state index in [-0.39, 0.29) is 18.1 Å². The molecule has 0 atom stereocenters. The highest BCUT2D eigenvalue weighted by atomic mass is 16.5. The number of para-hydroxylation sites is 2. The predicted octanol–water partition coefficient (Wildman–Crippen LogP) is 1.45. The Morgan fingerprint density at radius 2 is 1.56 bits per heavy atom. The predicted molar refractivity (Wildman–Crippen MR) is 96.7 cm³/mol. The molecule has 136 valence electrons. The third-order valence-corrected chi connectivity index (χ3v) is 3.58. The molecule has 3 N–H and O–H groups in total. The Bertz CT molecular complexity index is 915. The maximum atomic E-state index is 12.0. The zero-order valence-electron chi connectivity index (χ0n) is 14.0. The van der Waals surface area contributed by atoms with Crippen LogP contribution in [0.1, 0.15) is 5.56 Å². The van der Waals surface area contributed by atoms with Gasteiger partial charge in [0.15, 0.2) is 6.61 Å². The monoisotopic (exact) mass is 365 g/mol. The number of ether oxygens (including phenoxy) is 1. The first kappa shape index (κ1) is 17.9. The summed E-state index contributed by atoms with van der Waals surface area (Å²) >= 11 is 0. The Morgan fingerprint density at radius 1 is 0.926 bits per heavy atom. The number of hydrogen-bond donors (Lipinski definition) is 3. The van der Waals surface area contributed by atoms with Gasteiger partial charge in [-0.1, -0.05) is 36.4 Å². The molecule has 8 heteroatoms. The van der Waals surface area contributed by atoms with Gasteiger partial charge in [-0.3, -0.25) is 25.0 Å². The van der Waals surface area contributed by atoms with Gasteiger partial charge in [-0.15, -0.1) is 0 Å². The minimum atomic E-state index is -0.871. The number of nitrogens with one attached hydrogen (secondary N) is 3. The molecule has 0 radical (unpaired) electrons. The summed E-state index contributed by atoms with van der Waals surface area (Å²) in [5, 5.41) is 6.67. The summed E-state index contributed by atoms with van der Waals surface area (Å²) in [6.07, 6.45) is 1.29. The third-order valence-electron chi connectivity index (χ3n) is 3.58. The van der Waals surface area contributed by atoms with Crippen LogP contribution in [0.15, 0.2) is 60.2 Å². The molecule has 1 heterocycles. The second-order valence-electron chi connectivity index (χ2n) is 5.54. The van der Waals surface area contributed by atoms with E-state index in [0.29, 0.717) is 17.0 Å². The molecule has 0 unspecified atom stereocenters. The lowest BCUT2D eigenvalue weighted by Gasteiger charge is -2.15. The number of benzene rings is 2. The molecule has 5 amide bonds. The van der Waals surface area contributed by atoms with Crippen LogP contribution in [-0.4, -0.2) is 30.4 Å². The van der Waals surface area contributed by atoms with Gasteiger partial charge in [0.25, 0.3) is 17.7 Å². The molecule has 0 bridgehead atoms. The number of hydrogen-bond acceptors (Lipinski definition) is 5. The topological polar surface area (TPSA) is 114 Å². The lowest BCUT2D eigenvalue weighted by atomic mass is 10.1. The standard InChI is InChI=1S/C19H15N3O5/c23-16(20-13-7-2-1-3-8-13)11-27-15-9-5-4-6-12(15)10-14-17(24)21-19(26)22-18(14)25/h1-10H,11H2,(H,20,23)(H2,21,22,24,25,26). The Kier molecular flexibility index (Phi) is 5.27. The smallest absolute Gasteiger partial charge is 0.328 e. The van der Waals surface area contributed by atoms with E-state index in [9.17, 15) is 19.2 Å². The van der Waals surface area contributed by atoms with Gasteiger partial charge in [0.05, 0.1) is 0 Å². The van der Waals surface area contributed by atoms with Gasteiger partial charge in [-0.2, -0.15) is 0 Å². The molecule has 0 spiro atoms. The Labute approximate surface area is 154 Å². The fraction of sp³-hybridized carbons (Fsp3) is 0.0526. The summed E-state index contributed by atoms with van der Waals surface area (Å²) in [7, 11) is 0. The Balaban J connectivity index is 1.72. The first-order valence-corrected chi connectivity index (χ1v) is 7.98. The van der Waals surface area contributed by atoms with E-state index in [1.807, 2.05) is 16.7 Å². The SMILES string of the molecule is O=C(COc1ccccc1C=C1C(=O)NC(=O)NC1=O)Nc1ccccc1. The van der Waals surface area contributed by atoms with E-state index in [1.165, 1.54) is 6.08 Å². The summed E-state index contributed by atoms with van der Waals surface area (Å²) in [6.45, 7) is -0.258. The highest BCUT2D eigenvalue weighted by Crippen LogP contribution is 2.22. The van der Waals surface area contributed by atoms with Crippen LogP contribution in [0.3, 0.4) is 0 Å². The maximum Gasteiger partial charge on any atom is 0.328 e. The number of carbonyl (C=O) groups excluding carboxylic acids is 4. The van der Waals surface area contributed by atoms with Gasteiger partial charge in [-0.05, 0) is 24.3 Å². The average molecular weight is 365 g/mol. The van der Waals surface area contributed by atoms with Crippen LogP contribution in [0.5, 0.6) is 5.75 Å². The van der Waals surface area contributed by atoms with Crippen molar-refractivity contribution in [3.8, 4) is 5.75 Å². The molecule has 2 aromatic carbocycles. The van der Waals surface area contributed by atoms with E-state index < -0.39 is 17.8 Å². The molecular weight excluding hydrogens is 350 g/mol. The molecule has 0 aliphatic carbocycles. The van der Waals surface area contributed by atoms with Gasteiger partial charge in [0.1, 0.15) is 11.3 Å². The van der Waals surface area contributed by atoms with E-state index in [0.717, 1.165) is 0 Å². The minimum absolute atomic E-state index is 0.237. The minimum Gasteiger partial charge on any atom is -0.483 e. The van der Waals surface area contributed by atoms with Crippen LogP contribution >= 0.6 is 0 Å². The fourth-order valence-corrected chi connectivity index (χ4v) is 2.35. The number of barbiturate groups is 1. The quantitative estimate of drug-likeness (QED) is 0.548. The summed E-state index contributed by atoms with van der Waals surface area (Å²) in [6, 6.07) is 14.6. The normalized spacial score (nSPS) is 13.5. The molecule has 3 rings (SSSR count). The lowest BCUT2D eigenvalue weighted by molar-refractivity contribution is -0.124. The van der Waals surface area contributed by atoms with Crippen LogP contribution in [0.25, 0.3) is 6.08 Å². The molecule has 1 fully saturated rings. The molecule has 27 heavy (non-hydrogen) atoms. The zero-order chi connectivity index (χ0) is 19.2. The van der Waals surface area contributed by atoms with E-state index in [2.05, 4.69) is 5.32 Å². The first-order valence-electron chi connectivity index (χ1n) is 7.98. The summed E-state index contributed by atoms with van der Waals surface area (Å²) < 4.78 is 5.52. The molecular formula is C19H15N3O5. The fourth-order valence-electron chi connectivity index (χ4n) is 2.35. The second kappa shape index (κ2) is 7.96. The highest BCUT2D eigenvalue weighted by Gasteiger charge is 2.28. The average Bonchev–Trinajstić information content (AvgIpc) is 2.64. The van der Waals surface area contributed by atoms with Crippen molar-refractivity contribution in [2.45, 2.75) is 0 Å². The van der Waals surface area contributed by atoms with Crippen LogP contribution in [0, 0.1) is 0 Å². The molecule has 1 saturated heterocycles. The van der Waals surface area contributed by atoms with Crippen molar-refractivity contribution in [3.05, 3.63) is 65.7 Å².